The van der Waals surface area contributed by atoms with Crippen LogP contribution in [0.1, 0.15) is 18.1 Å². The fraction of sp³-hybridized carbons (Fsp3) is 0.100. The van der Waals surface area contributed by atoms with E-state index in [1.165, 1.54) is 24.3 Å². The predicted molar refractivity (Wildman–Crippen MR) is 102 cm³/mol. The van der Waals surface area contributed by atoms with Gasteiger partial charge in [0.05, 0.1) is 11.3 Å². The first-order valence-electron chi connectivity index (χ1n) is 8.35. The first kappa shape index (κ1) is 18.1. The maximum Gasteiger partial charge on any atom is 0.346 e. The van der Waals surface area contributed by atoms with Gasteiger partial charge in [0.25, 0.3) is 0 Å². The largest absolute Gasteiger partial charge is 0.422 e. The van der Waals surface area contributed by atoms with Crippen molar-refractivity contribution in [2.24, 2.45) is 5.92 Å². The minimum atomic E-state index is -4.33. The molecule has 3 aromatic rings. The van der Waals surface area contributed by atoms with Gasteiger partial charge in [0.1, 0.15) is 22.1 Å². The Hall–Kier alpha value is -3.26. The number of hydrogen-bond acceptors (Lipinski definition) is 6. The zero-order valence-electron chi connectivity index (χ0n) is 14.6. The molecule has 1 atom stereocenters. The van der Waals surface area contributed by atoms with Gasteiger partial charge < -0.3 is 14.0 Å². The van der Waals surface area contributed by atoms with Gasteiger partial charge in [-0.2, -0.15) is 8.42 Å². The molecule has 1 heterocycles. The molecule has 6 nitrogen and oxygen atoms in total. The molecule has 0 saturated heterocycles. The molecule has 1 aliphatic carbocycles. The van der Waals surface area contributed by atoms with Crippen molar-refractivity contribution in [3.63, 3.8) is 0 Å². The molecule has 4 rings (SSSR count). The minimum absolute atomic E-state index is 0.00900. The first-order chi connectivity index (χ1) is 13.3. The third-order valence-corrected chi connectivity index (χ3v) is 5.75. The molecule has 0 radical (unpaired) electrons. The molecule has 0 aliphatic heterocycles. The summed E-state index contributed by atoms with van der Waals surface area (Å²) < 4.78 is 50.0. The van der Waals surface area contributed by atoms with Crippen LogP contribution in [0.3, 0.4) is 0 Å². The van der Waals surface area contributed by atoms with Crippen LogP contribution in [0.25, 0.3) is 15.9 Å². The van der Waals surface area contributed by atoms with Crippen LogP contribution in [0.2, 0.25) is 0 Å². The number of rotatable bonds is 3. The summed E-state index contributed by atoms with van der Waals surface area (Å²) in [6.45, 7) is 1.59. The third kappa shape index (κ3) is 2.91. The van der Waals surface area contributed by atoms with Gasteiger partial charge in [0, 0.05) is 22.9 Å². The summed E-state index contributed by atoms with van der Waals surface area (Å²) in [7, 11) is -4.33. The number of allylic oxidation sites excluding steroid dienone is 1. The smallest absolute Gasteiger partial charge is 0.346 e. The molecule has 1 N–H and O–H groups in total. The first-order valence-corrected chi connectivity index (χ1v) is 9.75. The molecule has 8 heteroatoms. The van der Waals surface area contributed by atoms with E-state index < -0.39 is 27.5 Å². The molecule has 0 bridgehead atoms. The summed E-state index contributed by atoms with van der Waals surface area (Å²) in [5.41, 5.74) is -1.25. The predicted octanol–water partition coefficient (Wildman–Crippen LogP) is 3.70. The van der Waals surface area contributed by atoms with Gasteiger partial charge in [0.2, 0.25) is 0 Å². The highest BCUT2D eigenvalue weighted by Gasteiger charge is 2.35. The molecule has 28 heavy (non-hydrogen) atoms. The lowest BCUT2D eigenvalue weighted by atomic mass is 9.88. The normalized spacial score (nSPS) is 16.6. The van der Waals surface area contributed by atoms with Gasteiger partial charge in [0.15, 0.2) is 0 Å². The molecule has 2 aromatic carbocycles. The quantitative estimate of drug-likeness (QED) is 0.535. The van der Waals surface area contributed by atoms with Crippen molar-refractivity contribution in [2.75, 3.05) is 0 Å². The average Bonchev–Trinajstić information content (AvgIpc) is 2.64. The lowest BCUT2D eigenvalue weighted by Gasteiger charge is -2.22. The van der Waals surface area contributed by atoms with Crippen LogP contribution in [-0.4, -0.2) is 14.1 Å². The fourth-order valence-corrected chi connectivity index (χ4v) is 4.44. The van der Waals surface area contributed by atoms with E-state index in [0.29, 0.717) is 0 Å². The summed E-state index contributed by atoms with van der Waals surface area (Å²) in [5.74, 6) is -1.18. The Balaban J connectivity index is 2.00. The van der Waals surface area contributed by atoms with Gasteiger partial charge in [-0.25, -0.2) is 9.18 Å². The molecule has 1 aromatic heterocycles. The van der Waals surface area contributed by atoms with Crippen LogP contribution in [-0.2, 0) is 10.1 Å². The molecule has 0 spiro atoms. The lowest BCUT2D eigenvalue weighted by molar-refractivity contribution is 0.498. The van der Waals surface area contributed by atoms with Crippen molar-refractivity contribution < 1.29 is 21.4 Å². The van der Waals surface area contributed by atoms with E-state index in [4.69, 9.17) is 14.0 Å². The monoisotopic (exact) mass is 399 g/mol. The van der Waals surface area contributed by atoms with E-state index in [9.17, 15) is 17.6 Å². The highest BCUT2D eigenvalue weighted by molar-refractivity contribution is 7.96. The third-order valence-electron chi connectivity index (χ3n) is 4.46. The molecule has 0 saturated carbocycles. The number of para-hydroxylation sites is 1. The standard InChI is InChI=1S/C20H14FNO5S/c1-11-9-16(28(24,25)27-13-5-3-2-4-6-13)17-14-8-7-12(21)10-15(14)26-20(23)18(17)19(11)22/h2-11,22H,1H3. The Morgan fingerprint density at radius 2 is 1.82 bits per heavy atom. The van der Waals surface area contributed by atoms with E-state index in [1.54, 1.807) is 25.1 Å². The number of halogens is 1. The van der Waals surface area contributed by atoms with Crippen molar-refractivity contribution in [1.82, 2.24) is 0 Å². The number of nitrogens with one attached hydrogen (secondary N) is 1. The van der Waals surface area contributed by atoms with Crippen molar-refractivity contribution in [3.05, 3.63) is 82.0 Å². The SMILES string of the molecule is CC1C=C(S(=O)(=O)Oc2ccccc2)c2c(c(=O)oc3cc(F)ccc23)C1=N. The molecule has 1 aliphatic rings. The number of benzene rings is 2. The Labute approximate surface area is 159 Å². The average molecular weight is 399 g/mol. The second-order valence-corrected chi connectivity index (χ2v) is 7.88. The van der Waals surface area contributed by atoms with Crippen LogP contribution in [0.5, 0.6) is 5.75 Å². The van der Waals surface area contributed by atoms with Crippen molar-refractivity contribution in [3.8, 4) is 5.75 Å². The molecule has 142 valence electrons. The Kier molecular flexibility index (Phi) is 4.15. The Bertz CT molecular complexity index is 1310. The van der Waals surface area contributed by atoms with Gasteiger partial charge >= 0.3 is 15.7 Å². The van der Waals surface area contributed by atoms with E-state index in [0.717, 1.165) is 12.1 Å². The van der Waals surface area contributed by atoms with E-state index in [1.807, 2.05) is 0 Å². The van der Waals surface area contributed by atoms with E-state index >= 15 is 0 Å². The van der Waals surface area contributed by atoms with Crippen molar-refractivity contribution >= 4 is 31.7 Å². The Morgan fingerprint density at radius 3 is 2.54 bits per heavy atom. The van der Waals surface area contributed by atoms with E-state index in [-0.39, 0.29) is 38.5 Å². The molecular weight excluding hydrogens is 385 g/mol. The lowest BCUT2D eigenvalue weighted by Crippen LogP contribution is -2.28. The zero-order chi connectivity index (χ0) is 20.1. The summed E-state index contributed by atoms with van der Waals surface area (Å²) in [6.07, 6.45) is 1.35. The van der Waals surface area contributed by atoms with Crippen molar-refractivity contribution in [2.45, 2.75) is 6.92 Å². The van der Waals surface area contributed by atoms with Gasteiger partial charge in [-0.15, -0.1) is 0 Å². The molecule has 0 fully saturated rings. The van der Waals surface area contributed by atoms with E-state index in [2.05, 4.69) is 0 Å². The second kappa shape index (κ2) is 6.42. The highest BCUT2D eigenvalue weighted by atomic mass is 32.2. The topological polar surface area (TPSA) is 97.4 Å². The second-order valence-electron chi connectivity index (χ2n) is 6.36. The zero-order valence-corrected chi connectivity index (χ0v) is 15.4. The maximum atomic E-state index is 13.6. The van der Waals surface area contributed by atoms with Crippen LogP contribution < -0.4 is 9.81 Å². The van der Waals surface area contributed by atoms with Gasteiger partial charge in [-0.05, 0) is 24.3 Å². The van der Waals surface area contributed by atoms with Gasteiger partial charge in [-0.1, -0.05) is 31.2 Å². The number of fused-ring (bicyclic) bond motifs is 3. The molecule has 0 amide bonds. The molecule has 1 unspecified atom stereocenters. The van der Waals surface area contributed by atoms with Gasteiger partial charge in [-0.3, -0.25) is 0 Å². The van der Waals surface area contributed by atoms with Crippen LogP contribution in [0.15, 0.2) is 63.8 Å². The summed E-state index contributed by atoms with van der Waals surface area (Å²) in [5, 5.41) is 8.44. The maximum absolute atomic E-state index is 13.6. The van der Waals surface area contributed by atoms with Crippen LogP contribution >= 0.6 is 0 Å². The summed E-state index contributed by atoms with van der Waals surface area (Å²) >= 11 is 0. The molecular formula is C20H14FNO5S. The van der Waals surface area contributed by atoms with Crippen LogP contribution in [0, 0.1) is 17.1 Å². The number of hydrogen-bond donors (Lipinski definition) is 1. The van der Waals surface area contributed by atoms with Crippen molar-refractivity contribution in [1.29, 1.82) is 5.41 Å². The summed E-state index contributed by atoms with van der Waals surface area (Å²) in [6, 6.07) is 11.4. The van der Waals surface area contributed by atoms with Crippen LogP contribution in [0.4, 0.5) is 4.39 Å². The fourth-order valence-electron chi connectivity index (χ4n) is 3.15. The highest BCUT2D eigenvalue weighted by Crippen LogP contribution is 2.37. The minimum Gasteiger partial charge on any atom is -0.422 e. The Morgan fingerprint density at radius 1 is 1.11 bits per heavy atom. The summed E-state index contributed by atoms with van der Waals surface area (Å²) in [4.78, 5) is 12.2.